The third-order valence-electron chi connectivity index (χ3n) is 1.40. The molecule has 0 bridgehead atoms. The largest absolute Gasteiger partial charge is 0.481 e. The number of carboxylic acid groups (broad SMARTS) is 1. The number of aliphatic carboxylic acids is 1. The lowest BCUT2D eigenvalue weighted by Crippen LogP contribution is -2.27. The number of hydrogen-bond donors (Lipinski definition) is 2. The molecule has 12 heavy (non-hydrogen) atoms. The topological polar surface area (TPSA) is 49.3 Å². The van der Waals surface area contributed by atoms with Crippen molar-refractivity contribution in [3.8, 4) is 0 Å². The van der Waals surface area contributed by atoms with E-state index in [4.69, 9.17) is 5.11 Å². The van der Waals surface area contributed by atoms with Crippen molar-refractivity contribution in [1.82, 2.24) is 5.32 Å². The summed E-state index contributed by atoms with van der Waals surface area (Å²) in [5, 5.41) is 11.6. The highest BCUT2D eigenvalue weighted by Gasteiger charge is 2.08. The molecule has 0 aromatic heterocycles. The van der Waals surface area contributed by atoms with Crippen LogP contribution in [0.2, 0.25) is 0 Å². The van der Waals surface area contributed by atoms with Gasteiger partial charge in [-0.3, -0.25) is 4.79 Å². The standard InChI is InChI=1S/C9H19NO2/c1-9(2,3)7-10-6-4-5-8(11)12/h10H,4-7H2,1-3H3,(H,11,12). The Morgan fingerprint density at radius 3 is 2.42 bits per heavy atom. The molecule has 3 heteroatoms. The van der Waals surface area contributed by atoms with Crippen LogP contribution in [0.15, 0.2) is 0 Å². The van der Waals surface area contributed by atoms with Crippen molar-refractivity contribution < 1.29 is 9.90 Å². The van der Waals surface area contributed by atoms with Crippen molar-refractivity contribution in [2.45, 2.75) is 33.6 Å². The maximum Gasteiger partial charge on any atom is 0.303 e. The second kappa shape index (κ2) is 5.14. The van der Waals surface area contributed by atoms with E-state index in [2.05, 4.69) is 26.1 Å². The van der Waals surface area contributed by atoms with Gasteiger partial charge >= 0.3 is 5.97 Å². The van der Waals surface area contributed by atoms with Gasteiger partial charge in [0.1, 0.15) is 0 Å². The molecule has 0 aliphatic rings. The summed E-state index contributed by atoms with van der Waals surface area (Å²) >= 11 is 0. The first-order chi connectivity index (χ1) is 5.42. The highest BCUT2D eigenvalue weighted by atomic mass is 16.4. The predicted molar refractivity (Wildman–Crippen MR) is 49.2 cm³/mol. The first kappa shape index (κ1) is 11.4. The van der Waals surface area contributed by atoms with Crippen molar-refractivity contribution in [2.75, 3.05) is 13.1 Å². The normalized spacial score (nSPS) is 11.6. The highest BCUT2D eigenvalue weighted by Crippen LogP contribution is 2.09. The molecule has 0 unspecified atom stereocenters. The number of nitrogens with one attached hydrogen (secondary N) is 1. The first-order valence-corrected chi connectivity index (χ1v) is 4.34. The number of carboxylic acids is 1. The van der Waals surface area contributed by atoms with Crippen molar-refractivity contribution in [2.24, 2.45) is 5.41 Å². The van der Waals surface area contributed by atoms with Crippen LogP contribution in [0.1, 0.15) is 33.6 Å². The van der Waals surface area contributed by atoms with E-state index in [9.17, 15) is 4.79 Å². The van der Waals surface area contributed by atoms with E-state index in [1.807, 2.05) is 0 Å². The average molecular weight is 173 g/mol. The summed E-state index contributed by atoms with van der Waals surface area (Å²) in [6.07, 6.45) is 0.975. The Kier molecular flexibility index (Phi) is 4.90. The van der Waals surface area contributed by atoms with Crippen LogP contribution in [0, 0.1) is 5.41 Å². The smallest absolute Gasteiger partial charge is 0.303 e. The Hall–Kier alpha value is -0.570. The quantitative estimate of drug-likeness (QED) is 0.619. The fourth-order valence-electron chi connectivity index (χ4n) is 0.828. The van der Waals surface area contributed by atoms with Gasteiger partial charge in [-0.15, -0.1) is 0 Å². The summed E-state index contributed by atoms with van der Waals surface area (Å²) in [5.41, 5.74) is 0.281. The van der Waals surface area contributed by atoms with Gasteiger partial charge in [0.25, 0.3) is 0 Å². The zero-order chi connectivity index (χ0) is 9.61. The summed E-state index contributed by atoms with van der Waals surface area (Å²) in [5.74, 6) is -0.715. The molecule has 2 N–H and O–H groups in total. The maximum absolute atomic E-state index is 10.1. The molecule has 0 radical (unpaired) electrons. The molecule has 3 nitrogen and oxygen atoms in total. The average Bonchev–Trinajstić information content (AvgIpc) is 1.83. The van der Waals surface area contributed by atoms with Gasteiger partial charge in [-0.05, 0) is 24.9 Å². The number of rotatable bonds is 5. The maximum atomic E-state index is 10.1. The molecule has 0 spiro atoms. The van der Waals surface area contributed by atoms with E-state index in [-0.39, 0.29) is 11.8 Å². The second-order valence-corrected chi connectivity index (χ2v) is 4.23. The van der Waals surface area contributed by atoms with Crippen LogP contribution in [-0.2, 0) is 4.79 Å². The lowest BCUT2D eigenvalue weighted by molar-refractivity contribution is -0.137. The Balaban J connectivity index is 3.17. The fraction of sp³-hybridized carbons (Fsp3) is 0.889. The molecule has 0 fully saturated rings. The minimum atomic E-state index is -0.715. The highest BCUT2D eigenvalue weighted by molar-refractivity contribution is 5.66. The van der Waals surface area contributed by atoms with Gasteiger partial charge in [0, 0.05) is 6.42 Å². The summed E-state index contributed by atoms with van der Waals surface area (Å²) in [7, 11) is 0. The summed E-state index contributed by atoms with van der Waals surface area (Å²) in [6.45, 7) is 8.18. The van der Waals surface area contributed by atoms with Crippen LogP contribution in [-0.4, -0.2) is 24.2 Å². The molecular weight excluding hydrogens is 154 g/mol. The second-order valence-electron chi connectivity index (χ2n) is 4.23. The van der Waals surface area contributed by atoms with Crippen LogP contribution >= 0.6 is 0 Å². The van der Waals surface area contributed by atoms with Gasteiger partial charge in [0.05, 0.1) is 0 Å². The van der Waals surface area contributed by atoms with Crippen LogP contribution < -0.4 is 5.32 Å². The van der Waals surface area contributed by atoms with E-state index >= 15 is 0 Å². The Morgan fingerprint density at radius 2 is 2.00 bits per heavy atom. The van der Waals surface area contributed by atoms with E-state index in [1.165, 1.54) is 0 Å². The molecule has 0 aromatic carbocycles. The van der Waals surface area contributed by atoms with Crippen molar-refractivity contribution in [1.29, 1.82) is 0 Å². The van der Waals surface area contributed by atoms with Crippen molar-refractivity contribution in [3.63, 3.8) is 0 Å². The lowest BCUT2D eigenvalue weighted by Gasteiger charge is -2.18. The van der Waals surface area contributed by atoms with Crippen LogP contribution in [0.5, 0.6) is 0 Å². The molecule has 0 heterocycles. The molecule has 0 aromatic rings. The lowest BCUT2D eigenvalue weighted by atomic mass is 9.97. The van der Waals surface area contributed by atoms with Gasteiger partial charge in [-0.1, -0.05) is 20.8 Å². The summed E-state index contributed by atoms with van der Waals surface area (Å²) in [6, 6.07) is 0. The minimum absolute atomic E-state index is 0.261. The van der Waals surface area contributed by atoms with Gasteiger partial charge in [-0.2, -0.15) is 0 Å². The molecule has 0 aliphatic heterocycles. The van der Waals surface area contributed by atoms with Crippen LogP contribution in [0.4, 0.5) is 0 Å². The van der Waals surface area contributed by atoms with Gasteiger partial charge < -0.3 is 10.4 Å². The Bertz CT molecular complexity index is 138. The third kappa shape index (κ3) is 9.43. The Morgan fingerprint density at radius 1 is 1.42 bits per heavy atom. The van der Waals surface area contributed by atoms with E-state index in [0.717, 1.165) is 13.1 Å². The molecule has 0 saturated carbocycles. The number of hydrogen-bond acceptors (Lipinski definition) is 2. The van der Waals surface area contributed by atoms with Crippen molar-refractivity contribution in [3.05, 3.63) is 0 Å². The number of carbonyl (C=O) groups is 1. The molecule has 0 atom stereocenters. The molecule has 72 valence electrons. The molecular formula is C9H19NO2. The molecule has 0 aliphatic carbocycles. The first-order valence-electron chi connectivity index (χ1n) is 4.34. The van der Waals surface area contributed by atoms with E-state index in [1.54, 1.807) is 0 Å². The minimum Gasteiger partial charge on any atom is -0.481 e. The third-order valence-corrected chi connectivity index (χ3v) is 1.40. The van der Waals surface area contributed by atoms with Crippen LogP contribution in [0.3, 0.4) is 0 Å². The monoisotopic (exact) mass is 173 g/mol. The summed E-state index contributed by atoms with van der Waals surface area (Å²) in [4.78, 5) is 10.1. The fourth-order valence-corrected chi connectivity index (χ4v) is 0.828. The summed E-state index contributed by atoms with van der Waals surface area (Å²) < 4.78 is 0. The SMILES string of the molecule is CC(C)(C)CNCCCC(=O)O. The van der Waals surface area contributed by atoms with E-state index < -0.39 is 5.97 Å². The molecule has 0 amide bonds. The van der Waals surface area contributed by atoms with Crippen molar-refractivity contribution >= 4 is 5.97 Å². The predicted octanol–water partition coefficient (Wildman–Crippen LogP) is 1.49. The van der Waals surface area contributed by atoms with Crippen LogP contribution in [0.25, 0.3) is 0 Å². The van der Waals surface area contributed by atoms with E-state index in [0.29, 0.717) is 6.42 Å². The Labute approximate surface area is 74.2 Å². The van der Waals surface area contributed by atoms with Gasteiger partial charge in [-0.25, -0.2) is 0 Å². The zero-order valence-corrected chi connectivity index (χ0v) is 8.18. The van der Waals surface area contributed by atoms with Gasteiger partial charge in [0.15, 0.2) is 0 Å². The van der Waals surface area contributed by atoms with Gasteiger partial charge in [0.2, 0.25) is 0 Å². The zero-order valence-electron chi connectivity index (χ0n) is 8.18. The molecule has 0 saturated heterocycles. The molecule has 0 rings (SSSR count).